The van der Waals surface area contributed by atoms with Gasteiger partial charge in [0.25, 0.3) is 5.69 Å². The normalized spacial score (nSPS) is 16.2. The highest BCUT2D eigenvalue weighted by Crippen LogP contribution is 2.28. The molecule has 1 aliphatic heterocycles. The lowest BCUT2D eigenvalue weighted by molar-refractivity contribution is -0.384. The minimum absolute atomic E-state index is 0.170. The van der Waals surface area contributed by atoms with Gasteiger partial charge < -0.3 is 19.7 Å². The van der Waals surface area contributed by atoms with Crippen molar-refractivity contribution in [3.8, 4) is 0 Å². The van der Waals surface area contributed by atoms with E-state index in [2.05, 4.69) is 10.3 Å². The molecule has 0 atom stereocenters. The summed E-state index contributed by atoms with van der Waals surface area (Å²) in [5.41, 5.74) is -0.749. The number of hydrogen-bond acceptors (Lipinski definition) is 7. The third-order valence-corrected chi connectivity index (χ3v) is 4.51. The lowest BCUT2D eigenvalue weighted by Crippen LogP contribution is -2.42. The summed E-state index contributed by atoms with van der Waals surface area (Å²) in [5.74, 6) is -0.188. The van der Waals surface area contributed by atoms with Crippen molar-refractivity contribution in [2.75, 3.05) is 25.1 Å². The van der Waals surface area contributed by atoms with Crippen LogP contribution >= 0.6 is 0 Å². The van der Waals surface area contributed by atoms with Crippen molar-refractivity contribution in [3.05, 3.63) is 52.1 Å². The fraction of sp³-hybridized carbons (Fsp3) is 0.412. The quantitative estimate of drug-likeness (QED) is 0.455. The molecule has 0 aliphatic carbocycles. The standard InChI is InChI=1S/C17H20N4O5/c1-20-7-6-18-16(20)15(22)12-2-3-13(14(10-12)21(24)25)19-11-17(23)4-8-26-9-5-17/h2-3,6-7,10,19,23H,4-5,8-9,11H2,1H3. The number of nitrogens with one attached hydrogen (secondary N) is 1. The SMILES string of the molecule is Cn1ccnc1C(=O)c1ccc(NCC2(O)CCOCC2)c([N+](=O)[O-])c1. The van der Waals surface area contributed by atoms with E-state index in [-0.39, 0.29) is 29.3 Å². The van der Waals surface area contributed by atoms with Crippen LogP contribution in [0.3, 0.4) is 0 Å². The molecule has 1 saturated heterocycles. The molecule has 0 amide bonds. The zero-order chi connectivity index (χ0) is 18.7. The summed E-state index contributed by atoms with van der Waals surface area (Å²) >= 11 is 0. The van der Waals surface area contributed by atoms with Crippen LogP contribution in [0.1, 0.15) is 29.0 Å². The Morgan fingerprint density at radius 2 is 2.19 bits per heavy atom. The summed E-state index contributed by atoms with van der Waals surface area (Å²) in [6.07, 6.45) is 4.05. The van der Waals surface area contributed by atoms with E-state index in [0.29, 0.717) is 26.1 Å². The topological polar surface area (TPSA) is 120 Å². The molecule has 0 spiro atoms. The van der Waals surface area contributed by atoms with E-state index in [1.54, 1.807) is 17.8 Å². The van der Waals surface area contributed by atoms with Crippen LogP contribution in [0.2, 0.25) is 0 Å². The van der Waals surface area contributed by atoms with E-state index in [0.717, 1.165) is 0 Å². The number of ether oxygens (including phenoxy) is 1. The lowest BCUT2D eigenvalue weighted by Gasteiger charge is -2.32. The number of aliphatic hydroxyl groups is 1. The zero-order valence-corrected chi connectivity index (χ0v) is 14.3. The Bertz CT molecular complexity index is 826. The summed E-state index contributed by atoms with van der Waals surface area (Å²) in [6.45, 7) is 1.08. The van der Waals surface area contributed by atoms with Gasteiger partial charge in [-0.1, -0.05) is 0 Å². The monoisotopic (exact) mass is 360 g/mol. The van der Waals surface area contributed by atoms with Crippen LogP contribution in [0.25, 0.3) is 0 Å². The molecular formula is C17H20N4O5. The van der Waals surface area contributed by atoms with Crippen molar-refractivity contribution in [2.45, 2.75) is 18.4 Å². The summed E-state index contributed by atoms with van der Waals surface area (Å²) in [5, 5.41) is 24.9. The molecule has 1 aliphatic rings. The zero-order valence-electron chi connectivity index (χ0n) is 14.3. The van der Waals surface area contributed by atoms with Crippen LogP contribution in [0.15, 0.2) is 30.6 Å². The molecule has 0 bridgehead atoms. The second-order valence-corrected chi connectivity index (χ2v) is 6.37. The van der Waals surface area contributed by atoms with Gasteiger partial charge in [-0.2, -0.15) is 0 Å². The fourth-order valence-corrected chi connectivity index (χ4v) is 2.87. The molecule has 1 fully saturated rings. The maximum Gasteiger partial charge on any atom is 0.293 e. The Morgan fingerprint density at radius 3 is 2.81 bits per heavy atom. The number of aryl methyl sites for hydroxylation is 1. The second-order valence-electron chi connectivity index (χ2n) is 6.37. The number of nitro groups is 1. The van der Waals surface area contributed by atoms with Gasteiger partial charge in [0.05, 0.1) is 10.5 Å². The van der Waals surface area contributed by atoms with E-state index in [9.17, 15) is 20.0 Å². The molecule has 0 radical (unpaired) electrons. The lowest BCUT2D eigenvalue weighted by atomic mass is 9.94. The third-order valence-electron chi connectivity index (χ3n) is 4.51. The number of benzene rings is 1. The number of ketones is 1. The molecule has 9 heteroatoms. The Kier molecular flexibility index (Phi) is 5.01. The predicted molar refractivity (Wildman–Crippen MR) is 93.2 cm³/mol. The molecule has 26 heavy (non-hydrogen) atoms. The molecule has 1 aromatic carbocycles. The number of aromatic nitrogens is 2. The molecule has 0 saturated carbocycles. The highest BCUT2D eigenvalue weighted by Gasteiger charge is 2.30. The van der Waals surface area contributed by atoms with Gasteiger partial charge in [0.2, 0.25) is 5.78 Å². The van der Waals surface area contributed by atoms with Crippen LogP contribution in [-0.2, 0) is 11.8 Å². The number of carbonyl (C=O) groups is 1. The van der Waals surface area contributed by atoms with Crippen LogP contribution in [0.4, 0.5) is 11.4 Å². The predicted octanol–water partition coefficient (Wildman–Crippen LogP) is 1.51. The first-order valence-corrected chi connectivity index (χ1v) is 8.24. The molecule has 2 N–H and O–H groups in total. The first-order chi connectivity index (χ1) is 12.4. The maximum atomic E-state index is 12.5. The Hall–Kier alpha value is -2.78. The van der Waals surface area contributed by atoms with Crippen LogP contribution in [0, 0.1) is 10.1 Å². The molecule has 2 heterocycles. The van der Waals surface area contributed by atoms with Crippen molar-refractivity contribution >= 4 is 17.2 Å². The summed E-state index contributed by atoms with van der Waals surface area (Å²) in [4.78, 5) is 27.4. The summed E-state index contributed by atoms with van der Waals surface area (Å²) in [7, 11) is 1.68. The number of carbonyl (C=O) groups excluding carboxylic acids is 1. The highest BCUT2D eigenvalue weighted by atomic mass is 16.6. The average molecular weight is 360 g/mol. The van der Waals surface area contributed by atoms with Crippen LogP contribution < -0.4 is 5.32 Å². The Morgan fingerprint density at radius 1 is 1.46 bits per heavy atom. The van der Waals surface area contributed by atoms with Crippen molar-refractivity contribution in [1.82, 2.24) is 9.55 Å². The number of imidazole rings is 1. The average Bonchev–Trinajstić information content (AvgIpc) is 3.06. The Balaban J connectivity index is 1.82. The maximum absolute atomic E-state index is 12.5. The largest absolute Gasteiger partial charge is 0.388 e. The minimum atomic E-state index is -0.965. The van der Waals surface area contributed by atoms with Crippen LogP contribution in [0.5, 0.6) is 0 Å². The van der Waals surface area contributed by atoms with Crippen molar-refractivity contribution in [3.63, 3.8) is 0 Å². The van der Waals surface area contributed by atoms with Gasteiger partial charge in [-0.05, 0) is 12.1 Å². The van der Waals surface area contributed by atoms with Crippen LogP contribution in [-0.4, -0.2) is 50.7 Å². The van der Waals surface area contributed by atoms with Gasteiger partial charge in [0.1, 0.15) is 5.69 Å². The van der Waals surface area contributed by atoms with Gasteiger partial charge in [-0.15, -0.1) is 0 Å². The van der Waals surface area contributed by atoms with E-state index in [4.69, 9.17) is 4.74 Å². The van der Waals surface area contributed by atoms with Gasteiger partial charge in [-0.25, -0.2) is 4.98 Å². The number of rotatable bonds is 6. The summed E-state index contributed by atoms with van der Waals surface area (Å²) < 4.78 is 6.78. The first-order valence-electron chi connectivity index (χ1n) is 8.24. The molecule has 9 nitrogen and oxygen atoms in total. The second kappa shape index (κ2) is 7.22. The minimum Gasteiger partial charge on any atom is -0.388 e. The first kappa shape index (κ1) is 18.0. The molecule has 0 unspecified atom stereocenters. The molecule has 138 valence electrons. The molecule has 3 rings (SSSR count). The molecule has 1 aromatic heterocycles. The van der Waals surface area contributed by atoms with E-state index < -0.39 is 16.3 Å². The highest BCUT2D eigenvalue weighted by molar-refractivity contribution is 6.07. The Labute approximate surface area is 149 Å². The van der Waals surface area contributed by atoms with Gasteiger partial charge in [0, 0.05) is 63.7 Å². The number of nitro benzene ring substituents is 1. The number of hydrogen-bond donors (Lipinski definition) is 2. The van der Waals surface area contributed by atoms with E-state index in [1.807, 2.05) is 0 Å². The fourth-order valence-electron chi connectivity index (χ4n) is 2.87. The van der Waals surface area contributed by atoms with Gasteiger partial charge in [-0.3, -0.25) is 14.9 Å². The van der Waals surface area contributed by atoms with Crippen molar-refractivity contribution in [2.24, 2.45) is 7.05 Å². The van der Waals surface area contributed by atoms with E-state index in [1.165, 1.54) is 24.4 Å². The van der Waals surface area contributed by atoms with Crippen molar-refractivity contribution < 1.29 is 19.6 Å². The molecular weight excluding hydrogens is 340 g/mol. The number of nitrogens with zero attached hydrogens (tertiary/aromatic N) is 3. The smallest absolute Gasteiger partial charge is 0.293 e. The van der Waals surface area contributed by atoms with E-state index >= 15 is 0 Å². The summed E-state index contributed by atoms with van der Waals surface area (Å²) in [6, 6.07) is 4.23. The third kappa shape index (κ3) is 3.73. The molecule has 2 aromatic rings. The van der Waals surface area contributed by atoms with Gasteiger partial charge >= 0.3 is 0 Å². The van der Waals surface area contributed by atoms with Gasteiger partial charge in [0.15, 0.2) is 5.82 Å². The van der Waals surface area contributed by atoms with Crippen molar-refractivity contribution in [1.29, 1.82) is 0 Å². The number of anilines is 1.